The summed E-state index contributed by atoms with van der Waals surface area (Å²) in [7, 11) is 0. The molecular formula is C29H27NO4. The van der Waals surface area contributed by atoms with Crippen LogP contribution >= 0.6 is 0 Å². The summed E-state index contributed by atoms with van der Waals surface area (Å²) in [6, 6.07) is 29.9. The van der Waals surface area contributed by atoms with Crippen molar-refractivity contribution in [2.45, 2.75) is 31.2 Å². The van der Waals surface area contributed by atoms with E-state index < -0.39 is 16.8 Å². The lowest BCUT2D eigenvalue weighted by molar-refractivity contribution is -0.501. The lowest BCUT2D eigenvalue weighted by atomic mass is 9.64. The summed E-state index contributed by atoms with van der Waals surface area (Å²) in [6.07, 6.45) is 2.90. The van der Waals surface area contributed by atoms with E-state index in [1.165, 1.54) is 0 Å². The lowest BCUT2D eigenvalue weighted by Crippen LogP contribution is -2.67. The fraction of sp³-hybridized carbons (Fsp3) is 0.276. The molecule has 1 amide bonds. The molecule has 0 bridgehead atoms. The van der Waals surface area contributed by atoms with Gasteiger partial charge in [0, 0.05) is 31.5 Å². The van der Waals surface area contributed by atoms with E-state index in [0.29, 0.717) is 31.7 Å². The number of ether oxygens (including phenoxy) is 1. The summed E-state index contributed by atoms with van der Waals surface area (Å²) in [5.74, 6) is -0.521. The fourth-order valence-electron chi connectivity index (χ4n) is 5.68. The number of hydrogen-bond acceptors (Lipinski definition) is 4. The summed E-state index contributed by atoms with van der Waals surface area (Å²) in [5.41, 5.74) is 0.794. The summed E-state index contributed by atoms with van der Waals surface area (Å²) in [6.45, 7) is 3.21. The molecule has 2 atom stereocenters. The van der Waals surface area contributed by atoms with E-state index in [4.69, 9.17) is 14.5 Å². The minimum absolute atomic E-state index is 0.0201. The molecule has 0 saturated carbocycles. The fourth-order valence-corrected chi connectivity index (χ4v) is 5.68. The molecule has 34 heavy (non-hydrogen) atoms. The predicted molar refractivity (Wildman–Crippen MR) is 128 cm³/mol. The highest BCUT2D eigenvalue weighted by Crippen LogP contribution is 2.62. The number of hydrogen-bond donors (Lipinski definition) is 0. The Labute approximate surface area is 199 Å². The number of likely N-dealkylation sites (tertiary alicyclic amines) is 1. The predicted octanol–water partition coefficient (Wildman–Crippen LogP) is 5.29. The molecule has 0 N–H and O–H groups in total. The molecule has 5 heteroatoms. The summed E-state index contributed by atoms with van der Waals surface area (Å²) in [4.78, 5) is 28.8. The van der Waals surface area contributed by atoms with Crippen LogP contribution in [0.5, 0.6) is 0 Å². The Morgan fingerprint density at radius 2 is 1.41 bits per heavy atom. The second-order valence-corrected chi connectivity index (χ2v) is 9.24. The van der Waals surface area contributed by atoms with E-state index in [9.17, 15) is 4.79 Å². The van der Waals surface area contributed by atoms with E-state index in [0.717, 1.165) is 16.7 Å². The zero-order valence-electron chi connectivity index (χ0n) is 19.1. The monoisotopic (exact) mass is 453 g/mol. The first-order valence-electron chi connectivity index (χ1n) is 11.9. The van der Waals surface area contributed by atoms with Gasteiger partial charge in [0.15, 0.2) is 5.60 Å². The van der Waals surface area contributed by atoms with E-state index in [-0.39, 0.29) is 5.91 Å². The Hall–Kier alpha value is -3.41. The Balaban J connectivity index is 1.57. The van der Waals surface area contributed by atoms with Crippen LogP contribution in [-0.4, -0.2) is 29.7 Å². The Morgan fingerprint density at radius 3 is 2.00 bits per heavy atom. The molecule has 3 aliphatic heterocycles. The van der Waals surface area contributed by atoms with Gasteiger partial charge in [-0.15, -0.1) is 0 Å². The first kappa shape index (κ1) is 21.1. The van der Waals surface area contributed by atoms with Crippen LogP contribution in [0.4, 0.5) is 0 Å². The Morgan fingerprint density at radius 1 is 0.824 bits per heavy atom. The molecule has 5 nitrogen and oxygen atoms in total. The summed E-state index contributed by atoms with van der Waals surface area (Å²) >= 11 is 0. The van der Waals surface area contributed by atoms with Gasteiger partial charge in [-0.3, -0.25) is 4.79 Å². The van der Waals surface area contributed by atoms with Gasteiger partial charge in [-0.2, -0.15) is 4.89 Å². The van der Waals surface area contributed by atoms with Gasteiger partial charge in [0.25, 0.3) is 5.79 Å². The minimum Gasteiger partial charge on any atom is -0.458 e. The van der Waals surface area contributed by atoms with E-state index in [1.807, 2.05) is 109 Å². The molecule has 172 valence electrons. The van der Waals surface area contributed by atoms with Gasteiger partial charge in [-0.1, -0.05) is 91.0 Å². The number of carbonyl (C=O) groups is 1. The van der Waals surface area contributed by atoms with Gasteiger partial charge in [-0.05, 0) is 24.1 Å². The Bertz CT molecular complexity index is 1190. The average molecular weight is 454 g/mol. The van der Waals surface area contributed by atoms with Crippen LogP contribution in [0.3, 0.4) is 0 Å². The van der Waals surface area contributed by atoms with Crippen LogP contribution in [0.15, 0.2) is 97.1 Å². The molecule has 0 radical (unpaired) electrons. The standard InChI is InChI=1S/C29H27NO4/c1-2-30-19-18-29-27(26(30)31,20-25(32-29)22-12-6-3-7-13-22)21-28(33-34-29,23-14-8-4-9-15-23)24-16-10-5-11-17-24/h3-17,20H,2,18-19,21H2,1H3. The zero-order chi connectivity index (χ0) is 23.2. The first-order valence-corrected chi connectivity index (χ1v) is 11.9. The third kappa shape index (κ3) is 2.90. The highest BCUT2D eigenvalue weighted by molar-refractivity contribution is 5.90. The molecule has 2 unspecified atom stereocenters. The SMILES string of the molecule is CCN1CCC23OOC(c4ccccc4)(c4ccccc4)CC2(C=C(c2ccccc2)O3)C1=O. The number of benzene rings is 3. The number of amides is 1. The van der Waals surface area contributed by atoms with Crippen molar-refractivity contribution in [2.24, 2.45) is 5.41 Å². The van der Waals surface area contributed by atoms with Crippen molar-refractivity contribution in [3.05, 3.63) is 114 Å². The van der Waals surface area contributed by atoms with Crippen molar-refractivity contribution in [2.75, 3.05) is 13.1 Å². The van der Waals surface area contributed by atoms with Crippen LogP contribution in [0.25, 0.3) is 5.76 Å². The molecule has 3 aliphatic rings. The largest absolute Gasteiger partial charge is 0.458 e. The second kappa shape index (κ2) is 7.83. The smallest absolute Gasteiger partial charge is 0.260 e. The van der Waals surface area contributed by atoms with Crippen molar-refractivity contribution >= 4 is 11.7 Å². The molecule has 0 aliphatic carbocycles. The van der Waals surface area contributed by atoms with Crippen molar-refractivity contribution in [1.29, 1.82) is 0 Å². The highest BCUT2D eigenvalue weighted by Gasteiger charge is 2.72. The highest BCUT2D eigenvalue weighted by atomic mass is 17.2. The van der Waals surface area contributed by atoms with Gasteiger partial charge in [0.1, 0.15) is 11.2 Å². The quantitative estimate of drug-likeness (QED) is 0.504. The lowest BCUT2D eigenvalue weighted by Gasteiger charge is -2.55. The number of nitrogens with zero attached hydrogens (tertiary/aromatic N) is 1. The van der Waals surface area contributed by atoms with Crippen LogP contribution in [-0.2, 0) is 24.9 Å². The molecule has 6 rings (SSSR count). The van der Waals surface area contributed by atoms with Gasteiger partial charge in [0.2, 0.25) is 5.91 Å². The Kier molecular flexibility index (Phi) is 4.87. The molecule has 3 aromatic rings. The molecule has 3 aromatic carbocycles. The van der Waals surface area contributed by atoms with E-state index in [2.05, 4.69) is 0 Å². The van der Waals surface area contributed by atoms with Crippen molar-refractivity contribution < 1.29 is 19.3 Å². The average Bonchev–Trinajstić information content (AvgIpc) is 3.27. The first-order chi connectivity index (χ1) is 16.6. The van der Waals surface area contributed by atoms with Crippen LogP contribution in [0.2, 0.25) is 0 Å². The van der Waals surface area contributed by atoms with Crippen LogP contribution in [0.1, 0.15) is 36.5 Å². The molecule has 3 heterocycles. The maximum Gasteiger partial charge on any atom is 0.260 e. The van der Waals surface area contributed by atoms with E-state index in [1.54, 1.807) is 0 Å². The molecule has 2 fully saturated rings. The zero-order valence-corrected chi connectivity index (χ0v) is 19.1. The third-order valence-electron chi connectivity index (χ3n) is 7.48. The summed E-state index contributed by atoms with van der Waals surface area (Å²) in [5, 5.41) is 0. The van der Waals surface area contributed by atoms with E-state index >= 15 is 0 Å². The number of piperidine rings is 1. The normalized spacial score (nSPS) is 27.4. The number of carbonyl (C=O) groups excluding carboxylic acids is 1. The molecule has 2 saturated heterocycles. The third-order valence-corrected chi connectivity index (χ3v) is 7.48. The molecular weight excluding hydrogens is 426 g/mol. The molecule has 0 spiro atoms. The van der Waals surface area contributed by atoms with Crippen LogP contribution in [0, 0.1) is 5.41 Å². The van der Waals surface area contributed by atoms with Gasteiger partial charge in [-0.25, -0.2) is 4.89 Å². The summed E-state index contributed by atoms with van der Waals surface area (Å²) < 4.78 is 6.53. The van der Waals surface area contributed by atoms with Crippen LogP contribution < -0.4 is 0 Å². The van der Waals surface area contributed by atoms with Crippen molar-refractivity contribution in [3.8, 4) is 0 Å². The van der Waals surface area contributed by atoms with Crippen molar-refractivity contribution in [1.82, 2.24) is 4.90 Å². The second-order valence-electron chi connectivity index (χ2n) is 9.24. The van der Waals surface area contributed by atoms with Gasteiger partial charge in [0.05, 0.1) is 0 Å². The van der Waals surface area contributed by atoms with Crippen molar-refractivity contribution in [3.63, 3.8) is 0 Å². The minimum atomic E-state index is -1.20. The van der Waals surface area contributed by atoms with Gasteiger partial charge < -0.3 is 9.64 Å². The maximum atomic E-state index is 14.2. The number of rotatable bonds is 4. The topological polar surface area (TPSA) is 48.0 Å². The van der Waals surface area contributed by atoms with Gasteiger partial charge >= 0.3 is 0 Å². The molecule has 0 aromatic heterocycles. The maximum absolute atomic E-state index is 14.2.